The molecule has 0 radical (unpaired) electrons. The molecule has 0 bridgehead atoms. The van der Waals surface area contributed by atoms with Gasteiger partial charge in [-0.25, -0.2) is 0 Å². The molecule has 0 unspecified atom stereocenters. The minimum atomic E-state index is -0.196. The molecule has 6 heteroatoms. The van der Waals surface area contributed by atoms with E-state index in [0.717, 1.165) is 38.9 Å². The molecule has 1 saturated heterocycles. The third-order valence-corrected chi connectivity index (χ3v) is 6.33. The van der Waals surface area contributed by atoms with Gasteiger partial charge in [0.25, 0.3) is 0 Å². The van der Waals surface area contributed by atoms with Crippen molar-refractivity contribution in [3.05, 3.63) is 83.9 Å². The van der Waals surface area contributed by atoms with Crippen LogP contribution in [0.15, 0.2) is 72.8 Å². The molecule has 1 amide bonds. The number of rotatable bonds is 8. The highest BCUT2D eigenvalue weighted by Crippen LogP contribution is 2.28. The normalized spacial score (nSPS) is 15.2. The number of nitrogens with zero attached hydrogens (tertiary/aromatic N) is 2. The lowest BCUT2D eigenvalue weighted by molar-refractivity contribution is -0.122. The van der Waals surface area contributed by atoms with E-state index in [4.69, 9.17) is 0 Å². The maximum absolute atomic E-state index is 12.3. The zero-order valence-electron chi connectivity index (χ0n) is 18.2. The van der Waals surface area contributed by atoms with Gasteiger partial charge in [0, 0.05) is 37.2 Å². The topological polar surface area (TPSA) is 77.7 Å². The summed E-state index contributed by atoms with van der Waals surface area (Å²) in [7, 11) is 0. The molecule has 3 N–H and O–H groups in total. The van der Waals surface area contributed by atoms with Crippen molar-refractivity contribution in [2.75, 3.05) is 19.6 Å². The Morgan fingerprint density at radius 2 is 1.41 bits per heavy atom. The van der Waals surface area contributed by atoms with E-state index >= 15 is 0 Å². The molecule has 1 aliphatic heterocycles. The van der Waals surface area contributed by atoms with Crippen LogP contribution in [0.4, 0.5) is 0 Å². The Kier molecular flexibility index (Phi) is 7.12. The lowest BCUT2D eigenvalue weighted by Gasteiger charge is -2.33. The van der Waals surface area contributed by atoms with Gasteiger partial charge in [0.1, 0.15) is 6.54 Å². The number of carbonyl (C=O) groups is 1. The first kappa shape index (κ1) is 22.0. The van der Waals surface area contributed by atoms with E-state index in [0.29, 0.717) is 5.92 Å². The Morgan fingerprint density at radius 3 is 1.94 bits per heavy atom. The summed E-state index contributed by atoms with van der Waals surface area (Å²) in [5.74, 6) is -0.0482. The zero-order chi connectivity index (χ0) is 22.3. The lowest BCUT2D eigenvalue weighted by atomic mass is 9.88. The largest absolute Gasteiger partial charge is 0.494 e. The van der Waals surface area contributed by atoms with Crippen LogP contribution in [0.25, 0.3) is 0 Å². The molecule has 1 aromatic heterocycles. The monoisotopic (exact) mass is 433 g/mol. The first-order valence-corrected chi connectivity index (χ1v) is 11.3. The number of nitrogens with one attached hydrogen (secondary N) is 1. The Morgan fingerprint density at radius 1 is 0.875 bits per heavy atom. The molecule has 168 valence electrons. The summed E-state index contributed by atoms with van der Waals surface area (Å²) in [4.78, 5) is 14.8. The average Bonchev–Trinajstić information content (AvgIpc) is 3.14. The van der Waals surface area contributed by atoms with Gasteiger partial charge in [0.05, 0.1) is 0 Å². The summed E-state index contributed by atoms with van der Waals surface area (Å²) < 4.78 is 1.19. The van der Waals surface area contributed by atoms with Gasteiger partial charge in [-0.1, -0.05) is 60.7 Å². The Labute approximate surface area is 189 Å². The number of piperidine rings is 1. The Balaban J connectivity index is 1.27. The highest BCUT2D eigenvalue weighted by atomic mass is 16.3. The molecule has 0 spiro atoms. The first-order chi connectivity index (χ1) is 15.6. The van der Waals surface area contributed by atoms with Crippen LogP contribution in [-0.2, 0) is 11.3 Å². The van der Waals surface area contributed by atoms with Crippen molar-refractivity contribution >= 4 is 5.91 Å². The van der Waals surface area contributed by atoms with E-state index in [-0.39, 0.29) is 30.3 Å². The van der Waals surface area contributed by atoms with Gasteiger partial charge in [-0.15, -0.1) is 0 Å². The summed E-state index contributed by atoms with van der Waals surface area (Å²) in [5, 5.41) is 22.5. The molecular weight excluding hydrogens is 402 g/mol. The van der Waals surface area contributed by atoms with Crippen molar-refractivity contribution in [1.29, 1.82) is 0 Å². The van der Waals surface area contributed by atoms with Gasteiger partial charge in [-0.05, 0) is 36.9 Å². The van der Waals surface area contributed by atoms with E-state index in [2.05, 4.69) is 70.9 Å². The smallest absolute Gasteiger partial charge is 0.240 e. The number of benzene rings is 2. The first-order valence-electron chi connectivity index (χ1n) is 11.3. The number of amides is 1. The molecule has 3 aromatic rings. The molecule has 1 aliphatic rings. The fourth-order valence-corrected chi connectivity index (χ4v) is 4.53. The zero-order valence-corrected chi connectivity index (χ0v) is 18.2. The van der Waals surface area contributed by atoms with Crippen molar-refractivity contribution in [3.8, 4) is 11.8 Å². The quantitative estimate of drug-likeness (QED) is 0.506. The number of aromatic hydroxyl groups is 2. The minimum Gasteiger partial charge on any atom is -0.494 e. The molecule has 2 aromatic carbocycles. The summed E-state index contributed by atoms with van der Waals surface area (Å²) in [6.45, 7) is 2.82. The van der Waals surface area contributed by atoms with E-state index in [9.17, 15) is 15.0 Å². The van der Waals surface area contributed by atoms with E-state index < -0.39 is 0 Å². The predicted octanol–water partition coefficient (Wildman–Crippen LogP) is 3.70. The van der Waals surface area contributed by atoms with Gasteiger partial charge in [0.2, 0.25) is 5.91 Å². The Hall–Kier alpha value is -3.25. The highest BCUT2D eigenvalue weighted by Gasteiger charge is 2.23. The maximum Gasteiger partial charge on any atom is 0.240 e. The van der Waals surface area contributed by atoms with E-state index in [1.807, 2.05) is 0 Å². The van der Waals surface area contributed by atoms with Crippen LogP contribution in [0.5, 0.6) is 11.8 Å². The predicted molar refractivity (Wildman–Crippen MR) is 125 cm³/mol. The van der Waals surface area contributed by atoms with Crippen molar-refractivity contribution < 1.29 is 15.0 Å². The molecule has 6 nitrogen and oxygen atoms in total. The second-order valence-electron chi connectivity index (χ2n) is 8.48. The van der Waals surface area contributed by atoms with Crippen molar-refractivity contribution in [2.24, 2.45) is 0 Å². The molecule has 32 heavy (non-hydrogen) atoms. The van der Waals surface area contributed by atoms with Crippen molar-refractivity contribution in [3.63, 3.8) is 0 Å². The van der Waals surface area contributed by atoms with Gasteiger partial charge in [-0.2, -0.15) is 0 Å². The number of likely N-dealkylation sites (tertiary alicyclic amines) is 1. The van der Waals surface area contributed by atoms with Crippen LogP contribution in [0.3, 0.4) is 0 Å². The number of aromatic nitrogens is 1. The number of carbonyl (C=O) groups excluding carboxylic acids is 1. The molecular formula is C26H31N3O3. The number of hydrogen-bond donors (Lipinski definition) is 3. The maximum atomic E-state index is 12.3. The minimum absolute atomic E-state index is 0.0826. The van der Waals surface area contributed by atoms with Crippen LogP contribution in [0.2, 0.25) is 0 Å². The third kappa shape index (κ3) is 5.51. The van der Waals surface area contributed by atoms with Crippen LogP contribution in [0, 0.1) is 0 Å². The van der Waals surface area contributed by atoms with Gasteiger partial charge >= 0.3 is 0 Å². The van der Waals surface area contributed by atoms with E-state index in [1.165, 1.54) is 27.8 Å². The van der Waals surface area contributed by atoms with Gasteiger partial charge in [0.15, 0.2) is 11.8 Å². The second-order valence-corrected chi connectivity index (χ2v) is 8.48. The van der Waals surface area contributed by atoms with E-state index in [1.54, 1.807) is 0 Å². The molecule has 0 aliphatic carbocycles. The SMILES string of the molecule is O=C(Cn1c(O)ccc1O)NC1CCN(CCC(c2ccccc2)c2ccccc2)CC1. The average molecular weight is 434 g/mol. The summed E-state index contributed by atoms with van der Waals surface area (Å²) in [6.07, 6.45) is 2.85. The van der Waals surface area contributed by atoms with Crippen LogP contribution < -0.4 is 5.32 Å². The molecule has 0 saturated carbocycles. The molecule has 2 heterocycles. The van der Waals surface area contributed by atoms with Crippen LogP contribution in [-0.4, -0.2) is 51.3 Å². The standard InChI is InChI=1S/C26H31N3O3/c30-24(19-29-25(31)11-12-26(29)32)27-22-13-16-28(17-14-22)18-15-23(20-7-3-1-4-8-20)21-9-5-2-6-10-21/h1-12,22-23,31-32H,13-19H2,(H,27,30). The number of hydrogen-bond acceptors (Lipinski definition) is 4. The molecule has 1 fully saturated rings. The Bertz CT molecular complexity index is 937. The van der Waals surface area contributed by atoms with Crippen LogP contribution in [0.1, 0.15) is 36.3 Å². The third-order valence-electron chi connectivity index (χ3n) is 6.33. The lowest BCUT2D eigenvalue weighted by Crippen LogP contribution is -2.45. The summed E-state index contributed by atoms with van der Waals surface area (Å²) in [6, 6.07) is 24.2. The molecule has 0 atom stereocenters. The van der Waals surface area contributed by atoms with Gasteiger partial charge < -0.3 is 20.4 Å². The fourth-order valence-electron chi connectivity index (χ4n) is 4.53. The highest BCUT2D eigenvalue weighted by molar-refractivity contribution is 5.76. The van der Waals surface area contributed by atoms with Gasteiger partial charge in [-0.3, -0.25) is 9.36 Å². The van der Waals surface area contributed by atoms with Crippen molar-refractivity contribution in [2.45, 2.75) is 37.8 Å². The van der Waals surface area contributed by atoms with Crippen LogP contribution >= 0.6 is 0 Å². The molecule has 4 rings (SSSR count). The fraction of sp³-hybridized carbons (Fsp3) is 0.346. The van der Waals surface area contributed by atoms with Crippen molar-refractivity contribution in [1.82, 2.24) is 14.8 Å². The second kappa shape index (κ2) is 10.4. The summed E-state index contributed by atoms with van der Waals surface area (Å²) >= 11 is 0. The summed E-state index contributed by atoms with van der Waals surface area (Å²) in [5.41, 5.74) is 2.69.